The summed E-state index contributed by atoms with van der Waals surface area (Å²) in [6.45, 7) is 12.6. The second-order valence-electron chi connectivity index (χ2n) is 7.63. The van der Waals surface area contributed by atoms with Gasteiger partial charge in [0.2, 0.25) is 0 Å². The normalized spacial score (nSPS) is 30.9. The molecule has 3 nitrogen and oxygen atoms in total. The van der Waals surface area contributed by atoms with Crippen LogP contribution in [0.3, 0.4) is 0 Å². The van der Waals surface area contributed by atoms with Crippen LogP contribution in [0.25, 0.3) is 0 Å². The standard InChI is InChI=1S/C17H33NO2/c1-5-10-18-13-17(9-12-20-16(2,3)4)8-11-19-15(17)14-6-7-14/h14-15,18H,5-13H2,1-4H3. The van der Waals surface area contributed by atoms with Crippen LogP contribution < -0.4 is 5.32 Å². The molecule has 1 aliphatic carbocycles. The van der Waals surface area contributed by atoms with Crippen molar-refractivity contribution in [3.05, 3.63) is 0 Å². The number of hydrogen-bond acceptors (Lipinski definition) is 3. The molecular formula is C17H33NO2. The Bertz CT molecular complexity index is 296. The van der Waals surface area contributed by atoms with E-state index in [4.69, 9.17) is 9.47 Å². The maximum Gasteiger partial charge on any atom is 0.0673 e. The van der Waals surface area contributed by atoms with Crippen LogP contribution in [0.5, 0.6) is 0 Å². The second kappa shape index (κ2) is 6.76. The van der Waals surface area contributed by atoms with Gasteiger partial charge < -0.3 is 14.8 Å². The molecule has 1 saturated carbocycles. The number of nitrogens with one attached hydrogen (secondary N) is 1. The monoisotopic (exact) mass is 283 g/mol. The lowest BCUT2D eigenvalue weighted by molar-refractivity contribution is -0.0366. The molecule has 118 valence electrons. The first-order valence-corrected chi connectivity index (χ1v) is 8.43. The molecule has 1 N–H and O–H groups in total. The van der Waals surface area contributed by atoms with Gasteiger partial charge in [0.15, 0.2) is 0 Å². The van der Waals surface area contributed by atoms with Gasteiger partial charge in [-0.1, -0.05) is 6.92 Å². The first-order chi connectivity index (χ1) is 9.47. The van der Waals surface area contributed by atoms with E-state index in [9.17, 15) is 0 Å². The lowest BCUT2D eigenvalue weighted by Gasteiger charge is -2.35. The maximum absolute atomic E-state index is 6.11. The van der Waals surface area contributed by atoms with Crippen molar-refractivity contribution >= 4 is 0 Å². The zero-order valence-electron chi connectivity index (χ0n) is 13.8. The van der Waals surface area contributed by atoms with Gasteiger partial charge in [-0.2, -0.15) is 0 Å². The Morgan fingerprint density at radius 1 is 1.30 bits per heavy atom. The van der Waals surface area contributed by atoms with Crippen LogP contribution in [-0.4, -0.2) is 38.0 Å². The molecule has 0 radical (unpaired) electrons. The van der Waals surface area contributed by atoms with Crippen LogP contribution in [0, 0.1) is 11.3 Å². The van der Waals surface area contributed by atoms with E-state index in [-0.39, 0.29) is 5.60 Å². The Kier molecular flexibility index (Phi) is 5.49. The summed E-state index contributed by atoms with van der Waals surface area (Å²) in [5, 5.41) is 3.64. The molecule has 0 aromatic heterocycles. The van der Waals surface area contributed by atoms with Crippen molar-refractivity contribution < 1.29 is 9.47 Å². The number of rotatable bonds is 8. The fraction of sp³-hybridized carbons (Fsp3) is 1.00. The Morgan fingerprint density at radius 3 is 2.65 bits per heavy atom. The smallest absolute Gasteiger partial charge is 0.0673 e. The molecular weight excluding hydrogens is 250 g/mol. The van der Waals surface area contributed by atoms with E-state index in [0.29, 0.717) is 11.5 Å². The largest absolute Gasteiger partial charge is 0.377 e. The highest BCUT2D eigenvalue weighted by Gasteiger charge is 2.50. The second-order valence-corrected chi connectivity index (χ2v) is 7.63. The molecule has 2 atom stereocenters. The molecule has 2 rings (SSSR count). The Morgan fingerprint density at radius 2 is 2.05 bits per heavy atom. The minimum Gasteiger partial charge on any atom is -0.377 e. The average Bonchev–Trinajstić information content (AvgIpc) is 3.11. The summed E-state index contributed by atoms with van der Waals surface area (Å²) in [5.41, 5.74) is 0.272. The molecule has 1 heterocycles. The Balaban J connectivity index is 1.92. The molecule has 3 heteroatoms. The summed E-state index contributed by atoms with van der Waals surface area (Å²) in [6, 6.07) is 0. The van der Waals surface area contributed by atoms with Crippen LogP contribution in [0.1, 0.15) is 59.8 Å². The highest BCUT2D eigenvalue weighted by molar-refractivity contribution is 5.00. The zero-order valence-corrected chi connectivity index (χ0v) is 13.8. The minimum absolute atomic E-state index is 0.0351. The first-order valence-electron chi connectivity index (χ1n) is 8.43. The van der Waals surface area contributed by atoms with E-state index in [1.165, 1.54) is 25.7 Å². The quantitative estimate of drug-likeness (QED) is 0.693. The molecule has 2 fully saturated rings. The van der Waals surface area contributed by atoms with Crippen LogP contribution in [0.4, 0.5) is 0 Å². The summed E-state index contributed by atoms with van der Waals surface area (Å²) in [6.07, 6.45) is 6.71. The van der Waals surface area contributed by atoms with Crippen LogP contribution in [-0.2, 0) is 9.47 Å². The molecule has 0 bridgehead atoms. The predicted molar refractivity (Wildman–Crippen MR) is 83.0 cm³/mol. The highest BCUT2D eigenvalue weighted by Crippen LogP contribution is 2.49. The Hall–Kier alpha value is -0.120. The van der Waals surface area contributed by atoms with Gasteiger partial charge in [0, 0.05) is 25.2 Å². The van der Waals surface area contributed by atoms with E-state index in [1.54, 1.807) is 0 Å². The maximum atomic E-state index is 6.11. The molecule has 0 aromatic carbocycles. The highest BCUT2D eigenvalue weighted by atomic mass is 16.5. The Labute approximate surface area is 124 Å². The zero-order chi connectivity index (χ0) is 14.6. The lowest BCUT2D eigenvalue weighted by atomic mass is 9.76. The van der Waals surface area contributed by atoms with Gasteiger partial charge in [0.25, 0.3) is 0 Å². The van der Waals surface area contributed by atoms with Crippen molar-refractivity contribution in [3.63, 3.8) is 0 Å². The van der Waals surface area contributed by atoms with Crippen LogP contribution >= 0.6 is 0 Å². The molecule has 2 aliphatic rings. The van der Waals surface area contributed by atoms with E-state index >= 15 is 0 Å². The third-order valence-electron chi connectivity index (χ3n) is 4.59. The SMILES string of the molecule is CCCNCC1(CCOC(C)(C)C)CCOC1C1CC1. The fourth-order valence-electron chi connectivity index (χ4n) is 3.36. The first kappa shape index (κ1) is 16.3. The topological polar surface area (TPSA) is 30.5 Å². The van der Waals surface area contributed by atoms with Crippen molar-refractivity contribution in [2.75, 3.05) is 26.3 Å². The molecule has 2 unspecified atom stereocenters. The minimum atomic E-state index is -0.0351. The van der Waals surface area contributed by atoms with Crippen molar-refractivity contribution in [1.82, 2.24) is 5.32 Å². The fourth-order valence-corrected chi connectivity index (χ4v) is 3.36. The van der Waals surface area contributed by atoms with Crippen molar-refractivity contribution in [3.8, 4) is 0 Å². The van der Waals surface area contributed by atoms with Gasteiger partial charge >= 0.3 is 0 Å². The van der Waals surface area contributed by atoms with Crippen LogP contribution in [0.15, 0.2) is 0 Å². The van der Waals surface area contributed by atoms with E-state index < -0.39 is 0 Å². The van der Waals surface area contributed by atoms with E-state index in [0.717, 1.165) is 38.6 Å². The molecule has 1 aliphatic heterocycles. The third kappa shape index (κ3) is 4.44. The van der Waals surface area contributed by atoms with E-state index in [1.807, 2.05) is 0 Å². The number of hydrogen-bond donors (Lipinski definition) is 1. The lowest BCUT2D eigenvalue weighted by Crippen LogP contribution is -2.43. The molecule has 0 amide bonds. The van der Waals surface area contributed by atoms with Gasteiger partial charge in [0.1, 0.15) is 0 Å². The average molecular weight is 283 g/mol. The molecule has 0 spiro atoms. The van der Waals surface area contributed by atoms with Gasteiger partial charge in [0.05, 0.1) is 11.7 Å². The van der Waals surface area contributed by atoms with Crippen LogP contribution in [0.2, 0.25) is 0 Å². The number of ether oxygens (including phenoxy) is 2. The van der Waals surface area contributed by atoms with Gasteiger partial charge in [-0.25, -0.2) is 0 Å². The molecule has 0 aromatic rings. The summed E-state index contributed by atoms with van der Waals surface area (Å²) >= 11 is 0. The molecule has 20 heavy (non-hydrogen) atoms. The summed E-state index contributed by atoms with van der Waals surface area (Å²) in [5.74, 6) is 0.815. The molecule has 1 saturated heterocycles. The summed E-state index contributed by atoms with van der Waals surface area (Å²) in [4.78, 5) is 0. The predicted octanol–water partition coefficient (Wildman–Crippen LogP) is 3.38. The van der Waals surface area contributed by atoms with Crippen molar-refractivity contribution in [2.45, 2.75) is 71.5 Å². The van der Waals surface area contributed by atoms with Gasteiger partial charge in [-0.05, 0) is 65.3 Å². The summed E-state index contributed by atoms with van der Waals surface area (Å²) in [7, 11) is 0. The van der Waals surface area contributed by atoms with Crippen molar-refractivity contribution in [2.24, 2.45) is 11.3 Å². The van der Waals surface area contributed by atoms with Gasteiger partial charge in [-0.3, -0.25) is 0 Å². The van der Waals surface area contributed by atoms with E-state index in [2.05, 4.69) is 33.0 Å². The third-order valence-corrected chi connectivity index (χ3v) is 4.59. The summed E-state index contributed by atoms with van der Waals surface area (Å²) < 4.78 is 12.1. The van der Waals surface area contributed by atoms with Crippen molar-refractivity contribution in [1.29, 1.82) is 0 Å². The van der Waals surface area contributed by atoms with Gasteiger partial charge in [-0.15, -0.1) is 0 Å².